The van der Waals surface area contributed by atoms with Gasteiger partial charge in [-0.05, 0) is 44.7 Å². The number of carbonyl (C=O) groups is 1. The minimum absolute atomic E-state index is 0.197. The van der Waals surface area contributed by atoms with Gasteiger partial charge in [-0.25, -0.2) is 4.79 Å². The van der Waals surface area contributed by atoms with Crippen LogP contribution in [-0.2, 0) is 11.3 Å². The first-order valence-corrected chi connectivity index (χ1v) is 8.31. The summed E-state index contributed by atoms with van der Waals surface area (Å²) in [5.74, 6) is 0. The van der Waals surface area contributed by atoms with Gasteiger partial charge in [0.15, 0.2) is 0 Å². The fourth-order valence-corrected chi connectivity index (χ4v) is 2.03. The number of rotatable bonds is 5. The zero-order chi connectivity index (χ0) is 17.7. The van der Waals surface area contributed by atoms with Gasteiger partial charge >= 0.3 is 6.09 Å². The molecule has 0 fully saturated rings. The number of hydrogen-bond acceptors (Lipinski definition) is 3. The van der Waals surface area contributed by atoms with Crippen LogP contribution in [0.3, 0.4) is 0 Å². The summed E-state index contributed by atoms with van der Waals surface area (Å²) in [5.41, 5.74) is 1.89. The van der Waals surface area contributed by atoms with Gasteiger partial charge in [-0.2, -0.15) is 0 Å². The topological polar surface area (TPSA) is 41.6 Å². The molecule has 0 aliphatic carbocycles. The Kier molecular flexibility index (Phi) is 6.48. The van der Waals surface area contributed by atoms with Crippen LogP contribution in [0.5, 0.6) is 0 Å². The number of para-hydroxylation sites is 1. The van der Waals surface area contributed by atoms with E-state index in [1.54, 1.807) is 4.90 Å². The summed E-state index contributed by atoms with van der Waals surface area (Å²) < 4.78 is 5.48. The largest absolute Gasteiger partial charge is 0.444 e. The normalized spacial score (nSPS) is 12.0. The van der Waals surface area contributed by atoms with E-state index in [2.05, 4.69) is 38.2 Å². The molecular weight excluding hydrogens is 288 g/mol. The van der Waals surface area contributed by atoms with Crippen molar-refractivity contribution in [3.05, 3.63) is 29.8 Å². The maximum atomic E-state index is 12.3. The van der Waals surface area contributed by atoms with E-state index in [-0.39, 0.29) is 11.5 Å². The first-order chi connectivity index (χ1) is 10.5. The number of anilines is 1. The highest BCUT2D eigenvalue weighted by Crippen LogP contribution is 2.21. The molecule has 1 aromatic carbocycles. The van der Waals surface area contributed by atoms with Gasteiger partial charge in [-0.15, -0.1) is 0 Å². The third-order valence-corrected chi connectivity index (χ3v) is 3.22. The highest BCUT2D eigenvalue weighted by molar-refractivity contribution is 5.68. The molecule has 0 saturated heterocycles. The molecular formula is C19H32N2O2. The molecule has 0 aliphatic heterocycles. The molecule has 1 rings (SSSR count). The molecule has 4 heteroatoms. The quantitative estimate of drug-likeness (QED) is 0.839. The summed E-state index contributed by atoms with van der Waals surface area (Å²) >= 11 is 0. The number of nitrogens with zero attached hydrogens (tertiary/aromatic N) is 1. The summed E-state index contributed by atoms with van der Waals surface area (Å²) in [6.45, 7) is 16.2. The Morgan fingerprint density at radius 1 is 1.13 bits per heavy atom. The molecule has 0 heterocycles. The number of benzene rings is 1. The predicted molar refractivity (Wildman–Crippen MR) is 96.7 cm³/mol. The van der Waals surface area contributed by atoms with Crippen LogP contribution in [0.25, 0.3) is 0 Å². The zero-order valence-electron chi connectivity index (χ0n) is 15.7. The van der Waals surface area contributed by atoms with Gasteiger partial charge in [0.2, 0.25) is 0 Å². The molecule has 0 aromatic heterocycles. The van der Waals surface area contributed by atoms with Crippen molar-refractivity contribution in [3.63, 3.8) is 0 Å². The molecule has 1 N–H and O–H groups in total. The Bertz CT molecular complexity index is 513. The van der Waals surface area contributed by atoms with Crippen molar-refractivity contribution in [2.24, 2.45) is 5.41 Å². The average Bonchev–Trinajstić information content (AvgIpc) is 2.40. The number of nitrogens with one attached hydrogen (secondary N) is 1. The minimum Gasteiger partial charge on any atom is -0.444 e. The molecule has 23 heavy (non-hydrogen) atoms. The molecule has 130 valence electrons. The lowest BCUT2D eigenvalue weighted by atomic mass is 9.96. The molecule has 1 aromatic rings. The Morgan fingerprint density at radius 2 is 1.74 bits per heavy atom. The summed E-state index contributed by atoms with van der Waals surface area (Å²) in [4.78, 5) is 14.0. The predicted octanol–water partition coefficient (Wildman–Crippen LogP) is 4.90. The fraction of sp³-hybridized carbons (Fsp3) is 0.632. The lowest BCUT2D eigenvalue weighted by Gasteiger charge is -2.27. The monoisotopic (exact) mass is 320 g/mol. The molecule has 0 saturated carbocycles. The summed E-state index contributed by atoms with van der Waals surface area (Å²) in [6, 6.07) is 8.13. The van der Waals surface area contributed by atoms with E-state index in [0.29, 0.717) is 13.1 Å². The van der Waals surface area contributed by atoms with Gasteiger partial charge in [0.25, 0.3) is 0 Å². The van der Waals surface area contributed by atoms with E-state index in [0.717, 1.165) is 17.8 Å². The first kappa shape index (κ1) is 19.3. The van der Waals surface area contributed by atoms with Crippen molar-refractivity contribution in [3.8, 4) is 0 Å². The Balaban J connectivity index is 2.83. The Morgan fingerprint density at radius 3 is 2.26 bits per heavy atom. The van der Waals surface area contributed by atoms with Crippen LogP contribution in [0, 0.1) is 5.41 Å². The second-order valence-corrected chi connectivity index (χ2v) is 8.07. The molecule has 0 radical (unpaired) electrons. The number of carbonyl (C=O) groups excluding carboxylic acids is 1. The highest BCUT2D eigenvalue weighted by Gasteiger charge is 2.22. The van der Waals surface area contributed by atoms with Crippen molar-refractivity contribution in [1.82, 2.24) is 4.90 Å². The zero-order valence-corrected chi connectivity index (χ0v) is 15.7. The van der Waals surface area contributed by atoms with E-state index in [9.17, 15) is 4.79 Å². The molecule has 0 aliphatic rings. The van der Waals surface area contributed by atoms with Crippen LogP contribution in [0.2, 0.25) is 0 Å². The molecule has 0 bridgehead atoms. The van der Waals surface area contributed by atoms with E-state index in [1.165, 1.54) is 0 Å². The van der Waals surface area contributed by atoms with E-state index in [4.69, 9.17) is 4.74 Å². The van der Waals surface area contributed by atoms with Crippen LogP contribution in [0.15, 0.2) is 24.3 Å². The van der Waals surface area contributed by atoms with Gasteiger partial charge < -0.3 is 15.0 Å². The number of amides is 1. The lowest BCUT2D eigenvalue weighted by Crippen LogP contribution is -2.36. The van der Waals surface area contributed by atoms with Gasteiger partial charge in [0, 0.05) is 18.8 Å². The molecule has 1 amide bonds. The van der Waals surface area contributed by atoms with Crippen LogP contribution < -0.4 is 5.32 Å². The van der Waals surface area contributed by atoms with Gasteiger partial charge in [-0.1, -0.05) is 39.0 Å². The SMILES string of the molecule is CCN(Cc1ccccc1NCC(C)(C)C)C(=O)OC(C)(C)C. The average molecular weight is 320 g/mol. The number of hydrogen-bond donors (Lipinski definition) is 1. The molecule has 0 atom stereocenters. The highest BCUT2D eigenvalue weighted by atomic mass is 16.6. The number of ether oxygens (including phenoxy) is 1. The van der Waals surface area contributed by atoms with E-state index in [1.807, 2.05) is 39.8 Å². The Hall–Kier alpha value is -1.71. The molecule has 0 spiro atoms. The minimum atomic E-state index is -0.478. The van der Waals surface area contributed by atoms with Crippen molar-refractivity contribution >= 4 is 11.8 Å². The third kappa shape index (κ3) is 7.40. The first-order valence-electron chi connectivity index (χ1n) is 8.31. The van der Waals surface area contributed by atoms with E-state index < -0.39 is 5.60 Å². The second-order valence-electron chi connectivity index (χ2n) is 8.07. The lowest BCUT2D eigenvalue weighted by molar-refractivity contribution is 0.0245. The van der Waals surface area contributed by atoms with Gasteiger partial charge in [0.1, 0.15) is 5.60 Å². The summed E-state index contributed by atoms with van der Waals surface area (Å²) in [5, 5.41) is 3.49. The molecule has 4 nitrogen and oxygen atoms in total. The van der Waals surface area contributed by atoms with Crippen LogP contribution in [0.4, 0.5) is 10.5 Å². The maximum absolute atomic E-state index is 12.3. The second kappa shape index (κ2) is 7.71. The summed E-state index contributed by atoms with van der Waals surface area (Å²) in [7, 11) is 0. The Labute approximate surface area is 141 Å². The van der Waals surface area contributed by atoms with Crippen LogP contribution in [-0.4, -0.2) is 29.7 Å². The van der Waals surface area contributed by atoms with Crippen molar-refractivity contribution in [2.75, 3.05) is 18.4 Å². The van der Waals surface area contributed by atoms with Crippen molar-refractivity contribution < 1.29 is 9.53 Å². The van der Waals surface area contributed by atoms with Crippen LogP contribution in [0.1, 0.15) is 54.0 Å². The van der Waals surface area contributed by atoms with E-state index >= 15 is 0 Å². The fourth-order valence-electron chi connectivity index (χ4n) is 2.03. The molecule has 0 unspecified atom stereocenters. The van der Waals surface area contributed by atoms with Crippen molar-refractivity contribution in [2.45, 2.75) is 60.6 Å². The van der Waals surface area contributed by atoms with Gasteiger partial charge in [0.05, 0.1) is 6.54 Å². The van der Waals surface area contributed by atoms with Gasteiger partial charge in [-0.3, -0.25) is 0 Å². The maximum Gasteiger partial charge on any atom is 0.410 e. The van der Waals surface area contributed by atoms with Crippen molar-refractivity contribution in [1.29, 1.82) is 0 Å². The summed E-state index contributed by atoms with van der Waals surface area (Å²) in [6.07, 6.45) is -0.273. The standard InChI is InChI=1S/C19H32N2O2/c1-8-21(17(22)23-19(5,6)7)13-15-11-9-10-12-16(15)20-14-18(2,3)4/h9-12,20H,8,13-14H2,1-7H3. The third-order valence-electron chi connectivity index (χ3n) is 3.22. The smallest absolute Gasteiger partial charge is 0.410 e. The van der Waals surface area contributed by atoms with Crippen LogP contribution >= 0.6 is 0 Å².